The minimum Gasteiger partial charge on any atom is -0.507 e. The fraction of sp³-hybridized carbons (Fsp3) is 0.298. The van der Waals surface area contributed by atoms with Gasteiger partial charge in [0.2, 0.25) is 29.5 Å². The summed E-state index contributed by atoms with van der Waals surface area (Å²) in [5.74, 6) is -4.12. The lowest BCUT2D eigenvalue weighted by atomic mass is 9.93. The maximum absolute atomic E-state index is 14.6. The van der Waals surface area contributed by atoms with Gasteiger partial charge in [0.15, 0.2) is 5.82 Å². The molecule has 17 nitrogen and oxygen atoms in total. The minimum atomic E-state index is -1.45. The summed E-state index contributed by atoms with van der Waals surface area (Å²) in [7, 11) is 2.89. The van der Waals surface area contributed by atoms with Gasteiger partial charge in [-0.15, -0.1) is 0 Å². The van der Waals surface area contributed by atoms with E-state index in [2.05, 4.69) is 31.5 Å². The summed E-state index contributed by atoms with van der Waals surface area (Å²) in [5, 5.41) is 40.4. The molecule has 9 N–H and O–H groups in total. The average molecular weight is 906 g/mol. The molecule has 1 aromatic heterocycles. The number of hydrogen-bond acceptors (Lipinski definition) is 10. The van der Waals surface area contributed by atoms with Crippen molar-refractivity contribution in [1.82, 2.24) is 36.4 Å². The monoisotopic (exact) mass is 905 g/mol. The third-order valence-corrected chi connectivity index (χ3v) is 11.5. The van der Waals surface area contributed by atoms with Crippen LogP contribution in [0, 0.1) is 0 Å². The number of aromatic amines is 1. The van der Waals surface area contributed by atoms with E-state index in [1.807, 2.05) is 12.1 Å². The number of unbranched alkanes of at least 4 members (excludes halogenated alkanes) is 1. The van der Waals surface area contributed by atoms with Crippen molar-refractivity contribution >= 4 is 52.9 Å². The predicted octanol–water partition coefficient (Wildman–Crippen LogP) is 3.95. The van der Waals surface area contributed by atoms with Crippen LogP contribution in [0.3, 0.4) is 0 Å². The zero-order chi connectivity index (χ0) is 46.9. The molecular formula is C47H52ClN9O8. The van der Waals surface area contributed by atoms with Crippen molar-refractivity contribution < 1.29 is 39.0 Å². The van der Waals surface area contributed by atoms with Crippen LogP contribution in [0.5, 0.6) is 11.5 Å². The largest absolute Gasteiger partial charge is 0.507 e. The molecule has 6 amide bonds. The first kappa shape index (κ1) is 47.2. The van der Waals surface area contributed by atoms with Crippen molar-refractivity contribution in [3.63, 3.8) is 0 Å². The molecule has 1 unspecified atom stereocenters. The summed E-state index contributed by atoms with van der Waals surface area (Å²) in [5.41, 5.74) is 8.72. The number of nitrogens with zero attached hydrogens (tertiary/aromatic N) is 3. The highest BCUT2D eigenvalue weighted by Crippen LogP contribution is 2.39. The van der Waals surface area contributed by atoms with Crippen LogP contribution < -0.4 is 31.9 Å². The Morgan fingerprint density at radius 3 is 2.12 bits per heavy atom. The van der Waals surface area contributed by atoms with Gasteiger partial charge in [0.25, 0.3) is 5.91 Å². The van der Waals surface area contributed by atoms with Gasteiger partial charge in [-0.05, 0) is 110 Å². The molecule has 6 rings (SSSR count). The second kappa shape index (κ2) is 21.0. The second-order valence-corrected chi connectivity index (χ2v) is 16.4. The zero-order valence-corrected chi connectivity index (χ0v) is 37.1. The first-order valence-electron chi connectivity index (χ1n) is 21.0. The number of phenols is 2. The molecule has 18 heteroatoms. The number of halogens is 1. The van der Waals surface area contributed by atoms with E-state index in [0.29, 0.717) is 35.8 Å². The van der Waals surface area contributed by atoms with Gasteiger partial charge in [0.1, 0.15) is 41.7 Å². The third-order valence-electron chi connectivity index (χ3n) is 11.3. The molecule has 0 spiro atoms. The number of hydrogen-bond donors (Lipinski definition) is 8. The van der Waals surface area contributed by atoms with E-state index in [-0.39, 0.29) is 46.6 Å². The number of amides is 6. The van der Waals surface area contributed by atoms with Gasteiger partial charge in [-0.25, -0.2) is 0 Å². The lowest BCUT2D eigenvalue weighted by Crippen LogP contribution is -2.57. The Labute approximate surface area is 380 Å². The molecule has 0 fully saturated rings. The number of aromatic nitrogens is 2. The normalized spacial score (nSPS) is 17.0. The van der Waals surface area contributed by atoms with E-state index in [0.717, 1.165) is 16.0 Å². The number of carbonyl (C=O) groups is 6. The maximum atomic E-state index is 14.6. The molecule has 1 aliphatic heterocycles. The average Bonchev–Trinajstić information content (AvgIpc) is 3.84. The Morgan fingerprint density at radius 1 is 0.831 bits per heavy atom. The lowest BCUT2D eigenvalue weighted by molar-refractivity contribution is -0.141. The lowest BCUT2D eigenvalue weighted by Gasteiger charge is -2.32. The molecule has 0 radical (unpaired) electrons. The van der Waals surface area contributed by atoms with Crippen LogP contribution in [-0.2, 0) is 30.4 Å². The SMILES string of the molecule is C[C@@H]1NC(=O)C(N(C)C(=O)[C@H](CCCCN)NC(=O)c2ccc(-c3ccc(Cl)cc3)cc2)c2ccc(O)c(c2)-c2cc(ccc2O)C[C@@H](C(=O)N[C@@H](C)C(=O)N(C)c2cc[nH]n2)NC1=O. The van der Waals surface area contributed by atoms with Crippen molar-refractivity contribution in [2.75, 3.05) is 25.5 Å². The summed E-state index contributed by atoms with van der Waals surface area (Å²) in [6, 6.07) is 18.1. The van der Waals surface area contributed by atoms with Crippen LogP contribution in [0.2, 0.25) is 5.02 Å². The van der Waals surface area contributed by atoms with Crippen LogP contribution in [0.1, 0.15) is 60.6 Å². The summed E-state index contributed by atoms with van der Waals surface area (Å²) in [6.45, 7) is 3.24. The van der Waals surface area contributed by atoms with Gasteiger partial charge < -0.3 is 42.1 Å². The highest BCUT2D eigenvalue weighted by atomic mass is 35.5. The molecule has 1 aliphatic rings. The maximum Gasteiger partial charge on any atom is 0.251 e. The molecule has 340 valence electrons. The van der Waals surface area contributed by atoms with Crippen molar-refractivity contribution in [2.45, 2.75) is 69.7 Å². The zero-order valence-electron chi connectivity index (χ0n) is 36.3. The quantitative estimate of drug-likeness (QED) is 0.0790. The second-order valence-electron chi connectivity index (χ2n) is 15.9. The summed E-state index contributed by atoms with van der Waals surface area (Å²) in [4.78, 5) is 86.2. The van der Waals surface area contributed by atoms with Crippen LogP contribution in [0.4, 0.5) is 5.82 Å². The molecule has 0 aliphatic carbocycles. The molecule has 4 bridgehead atoms. The van der Waals surface area contributed by atoms with Gasteiger partial charge in [0, 0.05) is 54.5 Å². The number of nitrogens with two attached hydrogens (primary N) is 1. The van der Waals surface area contributed by atoms with Gasteiger partial charge in [0.05, 0.1) is 0 Å². The molecular weight excluding hydrogens is 854 g/mol. The Balaban J connectivity index is 1.30. The van der Waals surface area contributed by atoms with Crippen LogP contribution in [0.25, 0.3) is 22.3 Å². The molecule has 2 heterocycles. The number of rotatable bonds is 13. The van der Waals surface area contributed by atoms with Crippen LogP contribution in [0.15, 0.2) is 97.2 Å². The number of carbonyl (C=O) groups excluding carboxylic acids is 6. The summed E-state index contributed by atoms with van der Waals surface area (Å²) in [6.07, 6.45) is 2.62. The number of benzene rings is 4. The van der Waals surface area contributed by atoms with Crippen LogP contribution in [-0.4, -0.2) is 106 Å². The van der Waals surface area contributed by atoms with E-state index >= 15 is 0 Å². The first-order valence-corrected chi connectivity index (χ1v) is 21.4. The number of aromatic hydroxyl groups is 2. The molecule has 65 heavy (non-hydrogen) atoms. The number of H-pyrrole nitrogens is 1. The van der Waals surface area contributed by atoms with E-state index in [9.17, 15) is 39.0 Å². The Bertz CT molecular complexity index is 2540. The number of likely N-dealkylation sites (N-methyl/N-ethyl adjacent to an activating group) is 2. The summed E-state index contributed by atoms with van der Waals surface area (Å²) < 4.78 is 0. The van der Waals surface area contributed by atoms with Crippen LogP contribution >= 0.6 is 11.6 Å². The fourth-order valence-corrected chi connectivity index (χ4v) is 7.68. The number of fused-ring (bicyclic) bond motifs is 5. The summed E-state index contributed by atoms with van der Waals surface area (Å²) >= 11 is 6.05. The topological polar surface area (TPSA) is 252 Å². The fourth-order valence-electron chi connectivity index (χ4n) is 7.56. The van der Waals surface area contributed by atoms with Gasteiger partial charge >= 0.3 is 0 Å². The van der Waals surface area contributed by atoms with Crippen molar-refractivity contribution in [3.8, 4) is 33.8 Å². The number of phenolic OH excluding ortho intramolecular Hbond substituents is 2. The van der Waals surface area contributed by atoms with E-state index in [1.165, 1.54) is 63.2 Å². The van der Waals surface area contributed by atoms with Gasteiger partial charge in [-0.3, -0.25) is 38.8 Å². The van der Waals surface area contributed by atoms with E-state index in [1.54, 1.807) is 54.7 Å². The highest BCUT2D eigenvalue weighted by molar-refractivity contribution is 6.30. The van der Waals surface area contributed by atoms with Crippen molar-refractivity contribution in [2.24, 2.45) is 5.73 Å². The van der Waals surface area contributed by atoms with E-state index in [4.69, 9.17) is 17.3 Å². The Hall–Kier alpha value is -7.24. The predicted molar refractivity (Wildman–Crippen MR) is 245 cm³/mol. The molecule has 5 aromatic rings. The van der Waals surface area contributed by atoms with E-state index < -0.39 is 65.7 Å². The first-order chi connectivity index (χ1) is 31.1. The highest BCUT2D eigenvalue weighted by Gasteiger charge is 2.36. The number of anilines is 1. The molecule has 5 atom stereocenters. The van der Waals surface area contributed by atoms with Crippen molar-refractivity contribution in [3.05, 3.63) is 119 Å². The van der Waals surface area contributed by atoms with Crippen molar-refractivity contribution in [1.29, 1.82) is 0 Å². The Kier molecular flexibility index (Phi) is 15.2. The third kappa shape index (κ3) is 11.3. The van der Waals surface area contributed by atoms with Gasteiger partial charge in [-0.2, -0.15) is 5.10 Å². The molecule has 0 saturated heterocycles. The molecule has 4 aromatic carbocycles. The molecule has 0 saturated carbocycles. The number of nitrogens with one attached hydrogen (secondary N) is 5. The van der Waals surface area contributed by atoms with Gasteiger partial charge in [-0.1, -0.05) is 48.0 Å². The standard InChI is InChI=1S/C47H52ClN9O8/c1-26-42(60)54-37(44(62)52-27(2)46(64)56(3)40-20-22-50-55-40)24-28-8-18-38(58)34(23-28)35-25-32(15-19-39(35)59)41(45(63)51-26)57(4)47(65)36(7-5-6-21-49)53-43(61)31-11-9-29(10-12-31)30-13-16-33(48)17-14-30/h8-20,22-23,25-27,36-37,41,58-59H,5-7,21,24,49H2,1-4H3,(H,50,55)(H,51,63)(H,52,62)(H,53,61)(H,54,60)/t26-,27-,36-,37-,41?/m0/s1. The minimum absolute atomic E-state index is 0.103. The smallest absolute Gasteiger partial charge is 0.251 e. The Morgan fingerprint density at radius 2 is 1.48 bits per heavy atom.